The molecule has 2 aromatic carbocycles. The van der Waals surface area contributed by atoms with E-state index in [0.29, 0.717) is 12.5 Å². The van der Waals surface area contributed by atoms with Crippen LogP contribution in [-0.4, -0.2) is 17.0 Å². The van der Waals surface area contributed by atoms with Crippen molar-refractivity contribution in [1.82, 2.24) is 4.90 Å². The van der Waals surface area contributed by atoms with Gasteiger partial charge in [0.1, 0.15) is 0 Å². The van der Waals surface area contributed by atoms with Gasteiger partial charge in [0.05, 0.1) is 0 Å². The quantitative estimate of drug-likeness (QED) is 0.682. The molecule has 2 aliphatic heterocycles. The molecule has 130 valence electrons. The number of halogens is 3. The van der Waals surface area contributed by atoms with E-state index in [1.807, 2.05) is 24.3 Å². The largest absolute Gasteiger partial charge is 0.289 e. The van der Waals surface area contributed by atoms with Crippen LogP contribution in [0.25, 0.3) is 5.57 Å². The Morgan fingerprint density at radius 2 is 1.72 bits per heavy atom. The van der Waals surface area contributed by atoms with Crippen LogP contribution in [-0.2, 0) is 6.54 Å². The monoisotopic (exact) mass is 343 g/mol. The van der Waals surface area contributed by atoms with Gasteiger partial charge in [0.2, 0.25) is 0 Å². The molecule has 0 saturated carbocycles. The van der Waals surface area contributed by atoms with E-state index < -0.39 is 17.5 Å². The molecule has 0 radical (unpaired) electrons. The Morgan fingerprint density at radius 1 is 0.920 bits per heavy atom. The molecule has 2 heterocycles. The fourth-order valence-corrected chi connectivity index (χ4v) is 4.13. The first kappa shape index (κ1) is 16.4. The first-order valence-corrected chi connectivity index (χ1v) is 8.77. The number of piperidine rings is 1. The van der Waals surface area contributed by atoms with Gasteiger partial charge in [-0.05, 0) is 42.5 Å². The maximum atomic E-state index is 14.2. The molecule has 0 aliphatic carbocycles. The third kappa shape index (κ3) is 3.11. The SMILES string of the molecule is Fc1ccc(C2=CC3CCCC(C2)N3Cc2ccccc2)c(F)c1F. The normalized spacial score (nSPS) is 23.4. The van der Waals surface area contributed by atoms with Crippen molar-refractivity contribution in [2.24, 2.45) is 0 Å². The van der Waals surface area contributed by atoms with E-state index in [1.54, 1.807) is 0 Å². The van der Waals surface area contributed by atoms with E-state index in [0.717, 1.165) is 37.4 Å². The fraction of sp³-hybridized carbons (Fsp3) is 0.333. The Kier molecular flexibility index (Phi) is 4.38. The van der Waals surface area contributed by atoms with Gasteiger partial charge < -0.3 is 0 Å². The lowest BCUT2D eigenvalue weighted by molar-refractivity contribution is 0.0950. The molecule has 2 aliphatic rings. The molecule has 1 nitrogen and oxygen atoms in total. The number of rotatable bonds is 3. The minimum Gasteiger partial charge on any atom is -0.289 e. The molecule has 0 N–H and O–H groups in total. The third-order valence-corrected chi connectivity index (χ3v) is 5.37. The second kappa shape index (κ2) is 6.68. The lowest BCUT2D eigenvalue weighted by Crippen LogP contribution is -2.47. The van der Waals surface area contributed by atoms with Crippen molar-refractivity contribution >= 4 is 5.57 Å². The zero-order valence-corrected chi connectivity index (χ0v) is 13.9. The van der Waals surface area contributed by atoms with Crippen molar-refractivity contribution in [1.29, 1.82) is 0 Å². The van der Waals surface area contributed by atoms with E-state index in [2.05, 4.69) is 17.0 Å². The second-order valence-corrected chi connectivity index (χ2v) is 6.93. The summed E-state index contributed by atoms with van der Waals surface area (Å²) in [5.41, 5.74) is 2.26. The van der Waals surface area contributed by atoms with Crippen LogP contribution < -0.4 is 0 Å². The second-order valence-electron chi connectivity index (χ2n) is 6.93. The highest BCUT2D eigenvalue weighted by atomic mass is 19.2. The van der Waals surface area contributed by atoms with Gasteiger partial charge in [0.25, 0.3) is 0 Å². The Balaban J connectivity index is 1.64. The predicted octanol–water partition coefficient (Wildman–Crippen LogP) is 5.31. The zero-order chi connectivity index (χ0) is 17.4. The van der Waals surface area contributed by atoms with Crippen LogP contribution in [0.4, 0.5) is 13.2 Å². The molecule has 2 unspecified atom stereocenters. The standard InChI is InChI=1S/C21H20F3N/c22-19-10-9-18(20(23)21(19)24)15-11-16-7-4-8-17(12-15)25(16)13-14-5-2-1-3-6-14/h1-3,5-6,9-11,16-17H,4,7-8,12-13H2. The molecule has 0 aromatic heterocycles. The van der Waals surface area contributed by atoms with Crippen LogP contribution in [0.3, 0.4) is 0 Å². The van der Waals surface area contributed by atoms with Gasteiger partial charge in [-0.2, -0.15) is 0 Å². The summed E-state index contributed by atoms with van der Waals surface area (Å²) in [5.74, 6) is -3.58. The topological polar surface area (TPSA) is 3.24 Å². The Labute approximate surface area is 145 Å². The number of hydrogen-bond acceptors (Lipinski definition) is 1. The van der Waals surface area contributed by atoms with E-state index in [9.17, 15) is 13.2 Å². The molecular weight excluding hydrogens is 323 g/mol. The molecule has 1 saturated heterocycles. The zero-order valence-electron chi connectivity index (χ0n) is 13.9. The summed E-state index contributed by atoms with van der Waals surface area (Å²) < 4.78 is 41.0. The van der Waals surface area contributed by atoms with Crippen LogP contribution in [0.5, 0.6) is 0 Å². The first-order chi connectivity index (χ1) is 12.1. The molecule has 0 amide bonds. The minimum absolute atomic E-state index is 0.204. The van der Waals surface area contributed by atoms with Crippen molar-refractivity contribution in [3.05, 3.63) is 77.1 Å². The predicted molar refractivity (Wildman–Crippen MR) is 92.3 cm³/mol. The highest BCUT2D eigenvalue weighted by Crippen LogP contribution is 2.39. The lowest BCUT2D eigenvalue weighted by atomic mass is 9.82. The van der Waals surface area contributed by atoms with Crippen molar-refractivity contribution in [3.63, 3.8) is 0 Å². The van der Waals surface area contributed by atoms with Gasteiger partial charge in [-0.15, -0.1) is 0 Å². The van der Waals surface area contributed by atoms with Gasteiger partial charge in [-0.1, -0.05) is 42.8 Å². The molecule has 4 rings (SSSR count). The molecule has 0 spiro atoms. The molecule has 2 bridgehead atoms. The molecular formula is C21H20F3N. The highest BCUT2D eigenvalue weighted by Gasteiger charge is 2.35. The number of fused-ring (bicyclic) bond motifs is 2. The molecule has 25 heavy (non-hydrogen) atoms. The van der Waals surface area contributed by atoms with Crippen molar-refractivity contribution in [2.75, 3.05) is 0 Å². The average Bonchev–Trinajstić information content (AvgIpc) is 2.61. The van der Waals surface area contributed by atoms with E-state index in [-0.39, 0.29) is 11.6 Å². The van der Waals surface area contributed by atoms with E-state index in [1.165, 1.54) is 11.6 Å². The van der Waals surface area contributed by atoms with Crippen molar-refractivity contribution in [3.8, 4) is 0 Å². The summed E-state index contributed by atoms with van der Waals surface area (Å²) >= 11 is 0. The number of benzene rings is 2. The molecule has 2 aromatic rings. The van der Waals surface area contributed by atoms with E-state index in [4.69, 9.17) is 0 Å². The lowest BCUT2D eigenvalue weighted by Gasteiger charge is -2.45. The van der Waals surface area contributed by atoms with Crippen molar-refractivity contribution < 1.29 is 13.2 Å². The summed E-state index contributed by atoms with van der Waals surface area (Å²) in [6.45, 7) is 0.861. The molecule has 4 heteroatoms. The van der Waals surface area contributed by atoms with Gasteiger partial charge in [0, 0.05) is 24.2 Å². The first-order valence-electron chi connectivity index (χ1n) is 8.77. The Hall–Kier alpha value is -2.07. The van der Waals surface area contributed by atoms with Gasteiger partial charge in [-0.3, -0.25) is 4.90 Å². The fourth-order valence-electron chi connectivity index (χ4n) is 4.13. The minimum atomic E-state index is -1.38. The van der Waals surface area contributed by atoms with Gasteiger partial charge in [0.15, 0.2) is 17.5 Å². The summed E-state index contributed by atoms with van der Waals surface area (Å²) in [6.07, 6.45) is 5.93. The Morgan fingerprint density at radius 3 is 2.48 bits per heavy atom. The number of hydrogen-bond donors (Lipinski definition) is 0. The van der Waals surface area contributed by atoms with Gasteiger partial charge >= 0.3 is 0 Å². The maximum absolute atomic E-state index is 14.2. The van der Waals surface area contributed by atoms with Crippen LogP contribution in [0, 0.1) is 17.5 Å². The van der Waals surface area contributed by atoms with Crippen molar-refractivity contribution in [2.45, 2.75) is 44.3 Å². The molecule has 1 fully saturated rings. The van der Waals surface area contributed by atoms with Crippen LogP contribution >= 0.6 is 0 Å². The summed E-state index contributed by atoms with van der Waals surface area (Å²) in [5, 5.41) is 0. The molecule has 2 atom stereocenters. The van der Waals surface area contributed by atoms with Crippen LogP contribution in [0.15, 0.2) is 48.5 Å². The number of nitrogens with zero attached hydrogens (tertiary/aromatic N) is 1. The Bertz CT molecular complexity index is 800. The highest BCUT2D eigenvalue weighted by molar-refractivity contribution is 5.68. The van der Waals surface area contributed by atoms with Crippen LogP contribution in [0.2, 0.25) is 0 Å². The van der Waals surface area contributed by atoms with E-state index >= 15 is 0 Å². The third-order valence-electron chi connectivity index (χ3n) is 5.37. The summed E-state index contributed by atoms with van der Waals surface area (Å²) in [6, 6.07) is 13.2. The van der Waals surface area contributed by atoms with Gasteiger partial charge in [-0.25, -0.2) is 13.2 Å². The average molecular weight is 343 g/mol. The smallest absolute Gasteiger partial charge is 0.195 e. The maximum Gasteiger partial charge on any atom is 0.195 e. The summed E-state index contributed by atoms with van der Waals surface area (Å²) in [7, 11) is 0. The van der Waals surface area contributed by atoms with Crippen LogP contribution in [0.1, 0.15) is 36.8 Å². The summed E-state index contributed by atoms with van der Waals surface area (Å²) in [4.78, 5) is 2.46.